The van der Waals surface area contributed by atoms with Crippen molar-refractivity contribution in [1.82, 2.24) is 4.90 Å². The third-order valence-electron chi connectivity index (χ3n) is 11.0. The van der Waals surface area contributed by atoms with Gasteiger partial charge in [0.25, 0.3) is 8.32 Å². The number of para-hydroxylation sites is 1. The molecule has 2 saturated heterocycles. The number of likely N-dealkylation sites (tertiary alicyclic amines) is 1. The zero-order chi connectivity index (χ0) is 35.6. The van der Waals surface area contributed by atoms with Crippen molar-refractivity contribution in [2.45, 2.75) is 77.3 Å². The molecular formula is C41H50BNO6Si. The molecule has 2 fully saturated rings. The third-order valence-corrected chi connectivity index (χ3v) is 16.0. The van der Waals surface area contributed by atoms with Crippen molar-refractivity contribution in [2.75, 3.05) is 13.7 Å². The van der Waals surface area contributed by atoms with Crippen LogP contribution in [0.2, 0.25) is 11.4 Å². The highest BCUT2D eigenvalue weighted by Crippen LogP contribution is 2.51. The lowest BCUT2D eigenvalue weighted by atomic mass is 9.58. The van der Waals surface area contributed by atoms with Gasteiger partial charge in [-0.2, -0.15) is 0 Å². The Morgan fingerprint density at radius 1 is 0.940 bits per heavy atom. The monoisotopic (exact) mass is 691 g/mol. The normalized spacial score (nSPS) is 23.0. The molecule has 0 radical (unpaired) electrons. The first-order valence-corrected chi connectivity index (χ1v) is 20.0. The zero-order valence-corrected chi connectivity index (χ0v) is 31.0. The second-order valence-corrected chi connectivity index (χ2v) is 19.5. The minimum atomic E-state index is -2.92. The lowest BCUT2D eigenvalue weighted by Crippen LogP contribution is -2.66. The summed E-state index contributed by atoms with van der Waals surface area (Å²) in [4.78, 5) is 28.5. The summed E-state index contributed by atoms with van der Waals surface area (Å²) in [5, 5.41) is 23.7. The van der Waals surface area contributed by atoms with E-state index in [1.165, 1.54) is 20.8 Å². The van der Waals surface area contributed by atoms with Crippen molar-refractivity contribution < 1.29 is 28.8 Å². The molecule has 3 aliphatic rings. The quantitative estimate of drug-likeness (QED) is 0.138. The molecule has 2 amide bonds. The van der Waals surface area contributed by atoms with Crippen LogP contribution in [-0.4, -0.2) is 62.0 Å². The Balaban J connectivity index is 1.42. The van der Waals surface area contributed by atoms with Crippen molar-refractivity contribution in [3.8, 4) is 5.75 Å². The number of aromatic hydroxyl groups is 1. The van der Waals surface area contributed by atoms with E-state index < -0.39 is 33.4 Å². The summed E-state index contributed by atoms with van der Waals surface area (Å²) in [5.74, 6) is -1.42. The Morgan fingerprint density at radius 2 is 1.56 bits per heavy atom. The van der Waals surface area contributed by atoms with E-state index in [2.05, 4.69) is 82.3 Å². The average Bonchev–Trinajstić information content (AvgIpc) is 3.32. The highest BCUT2D eigenvalue weighted by Gasteiger charge is 2.57. The Hall–Kier alpha value is -3.76. The van der Waals surface area contributed by atoms with E-state index in [9.17, 15) is 19.7 Å². The minimum Gasteiger partial charge on any atom is -0.507 e. The molecule has 2 aliphatic heterocycles. The number of rotatable bonds is 11. The number of benzene rings is 3. The van der Waals surface area contributed by atoms with Gasteiger partial charge in [0.2, 0.25) is 11.8 Å². The van der Waals surface area contributed by atoms with Gasteiger partial charge in [-0.1, -0.05) is 125 Å². The van der Waals surface area contributed by atoms with Crippen molar-refractivity contribution in [1.29, 1.82) is 0 Å². The van der Waals surface area contributed by atoms with Gasteiger partial charge in [-0.05, 0) is 70.5 Å². The van der Waals surface area contributed by atoms with Crippen molar-refractivity contribution >= 4 is 43.7 Å². The molecule has 50 heavy (non-hydrogen) atoms. The second-order valence-electron chi connectivity index (χ2n) is 15.2. The molecule has 3 aromatic carbocycles. The maximum atomic E-state index is 13.6. The molecular weight excluding hydrogens is 641 g/mol. The number of imide groups is 1. The van der Waals surface area contributed by atoms with Gasteiger partial charge in [-0.25, -0.2) is 0 Å². The smallest absolute Gasteiger partial charge is 0.455 e. The predicted molar refractivity (Wildman–Crippen MR) is 201 cm³/mol. The van der Waals surface area contributed by atoms with Gasteiger partial charge in [0.05, 0.1) is 24.5 Å². The number of allylic oxidation sites excluding steroid dienone is 1. The van der Waals surface area contributed by atoms with Gasteiger partial charge in [0.1, 0.15) is 5.75 Å². The van der Waals surface area contributed by atoms with E-state index in [4.69, 9.17) is 9.08 Å². The fourth-order valence-corrected chi connectivity index (χ4v) is 13.3. The topological polar surface area (TPSA) is 96.3 Å². The van der Waals surface area contributed by atoms with E-state index >= 15 is 0 Å². The molecule has 6 rings (SSSR count). The number of fused-ring (bicyclic) bond motifs is 3. The molecule has 0 unspecified atom stereocenters. The second kappa shape index (κ2) is 14.8. The van der Waals surface area contributed by atoms with E-state index in [0.29, 0.717) is 25.9 Å². The maximum absolute atomic E-state index is 13.6. The van der Waals surface area contributed by atoms with Crippen molar-refractivity contribution in [2.24, 2.45) is 17.8 Å². The van der Waals surface area contributed by atoms with Crippen LogP contribution in [0.5, 0.6) is 5.75 Å². The average molecular weight is 692 g/mol. The SMILES string of the molecule is CCC/C(=C\c1ccccc1O)CC[C@H]1OB(O)C[C@H]2C1=C(CO[Si](c1ccccc1)(c1ccccc1)C(C)(C)C)C[C@H]1C(=O)N(C)C(=O)[C@H]12. The van der Waals surface area contributed by atoms with Crippen LogP contribution in [-0.2, 0) is 18.7 Å². The number of amides is 2. The van der Waals surface area contributed by atoms with Gasteiger partial charge in [0.15, 0.2) is 0 Å². The summed E-state index contributed by atoms with van der Waals surface area (Å²) in [7, 11) is -2.38. The van der Waals surface area contributed by atoms with Crippen LogP contribution in [0.4, 0.5) is 0 Å². The lowest BCUT2D eigenvalue weighted by Gasteiger charge is -2.46. The lowest BCUT2D eigenvalue weighted by molar-refractivity contribution is -0.138. The number of phenols is 1. The molecule has 0 bridgehead atoms. The Labute approximate surface area is 298 Å². The summed E-state index contributed by atoms with van der Waals surface area (Å²) in [6.45, 7) is 9.19. The Bertz CT molecular complexity index is 1710. The zero-order valence-electron chi connectivity index (χ0n) is 30.0. The van der Waals surface area contributed by atoms with Crippen LogP contribution < -0.4 is 10.4 Å². The molecule has 0 spiro atoms. The number of hydrogen-bond acceptors (Lipinski definition) is 6. The van der Waals surface area contributed by atoms with Gasteiger partial charge in [0, 0.05) is 12.6 Å². The van der Waals surface area contributed by atoms with Gasteiger partial charge < -0.3 is 19.2 Å². The van der Waals surface area contributed by atoms with E-state index in [1.807, 2.05) is 30.3 Å². The fourth-order valence-electron chi connectivity index (χ4n) is 8.75. The first-order valence-electron chi connectivity index (χ1n) is 18.1. The summed E-state index contributed by atoms with van der Waals surface area (Å²) in [6, 6.07) is 28.4. The Kier molecular flexibility index (Phi) is 10.7. The molecule has 0 saturated carbocycles. The highest BCUT2D eigenvalue weighted by atomic mass is 28.4. The number of carbonyl (C=O) groups excluding carboxylic acids is 2. The fraction of sp³-hybridized carbons (Fsp3) is 0.415. The third kappa shape index (κ3) is 6.81. The number of nitrogens with zero attached hydrogens (tertiary/aromatic N) is 1. The number of phenolic OH excluding ortho intramolecular Hbond substituents is 1. The maximum Gasteiger partial charge on any atom is 0.455 e. The van der Waals surface area contributed by atoms with Gasteiger partial charge in [-0.15, -0.1) is 0 Å². The summed E-state index contributed by atoms with van der Waals surface area (Å²) >= 11 is 0. The largest absolute Gasteiger partial charge is 0.507 e. The standard InChI is InChI=1S/C41H50BNO6Si/c1-6-15-28(24-29-16-13-14-21-35(29)44)22-23-36-37-30(25-33-38(34(37)26-42(47)49-36)40(46)43(5)39(33)45)27-48-50(41(2,3)4,31-17-9-7-10-18-31)32-19-11-8-12-20-32/h7-14,16-21,24,33-34,36,38,44,47H,6,15,22-23,25-27H2,1-5H3/b28-24+/t33-,34+,36-,38-/m1/s1. The van der Waals surface area contributed by atoms with E-state index in [-0.39, 0.29) is 34.8 Å². The molecule has 3 aromatic rings. The Morgan fingerprint density at radius 3 is 2.16 bits per heavy atom. The van der Waals surface area contributed by atoms with Crippen LogP contribution in [0, 0.1) is 17.8 Å². The predicted octanol–water partition coefficient (Wildman–Crippen LogP) is 6.36. The molecule has 7 nitrogen and oxygen atoms in total. The molecule has 4 atom stereocenters. The molecule has 1 aliphatic carbocycles. The summed E-state index contributed by atoms with van der Waals surface area (Å²) < 4.78 is 13.8. The summed E-state index contributed by atoms with van der Waals surface area (Å²) in [6.07, 6.45) is 5.40. The van der Waals surface area contributed by atoms with Crippen LogP contribution in [0.1, 0.15) is 65.4 Å². The van der Waals surface area contributed by atoms with Gasteiger partial charge >= 0.3 is 7.12 Å². The minimum absolute atomic E-state index is 0.157. The molecule has 262 valence electrons. The van der Waals surface area contributed by atoms with Crippen LogP contribution >= 0.6 is 0 Å². The highest BCUT2D eigenvalue weighted by molar-refractivity contribution is 6.99. The van der Waals surface area contributed by atoms with Crippen molar-refractivity contribution in [3.05, 3.63) is 107 Å². The van der Waals surface area contributed by atoms with E-state index in [1.54, 1.807) is 13.1 Å². The molecule has 9 heteroatoms. The number of carbonyl (C=O) groups is 2. The first kappa shape index (κ1) is 36.0. The van der Waals surface area contributed by atoms with Crippen molar-refractivity contribution in [3.63, 3.8) is 0 Å². The molecule has 0 aromatic heterocycles. The van der Waals surface area contributed by atoms with Crippen LogP contribution in [0.15, 0.2) is 102 Å². The number of hydrogen-bond donors (Lipinski definition) is 2. The first-order chi connectivity index (χ1) is 24.0. The van der Waals surface area contributed by atoms with Crippen LogP contribution in [0.25, 0.3) is 6.08 Å². The molecule has 2 heterocycles. The van der Waals surface area contributed by atoms with Crippen LogP contribution in [0.3, 0.4) is 0 Å². The summed E-state index contributed by atoms with van der Waals surface area (Å²) in [5.41, 5.74) is 3.99. The van der Waals surface area contributed by atoms with E-state index in [0.717, 1.165) is 29.6 Å². The van der Waals surface area contributed by atoms with Gasteiger partial charge in [-0.3, -0.25) is 14.5 Å². The molecule has 2 N–H and O–H groups in total.